The fraction of sp³-hybridized carbons (Fsp3) is 0.438. The molecule has 2 N–H and O–H groups in total. The van der Waals surface area contributed by atoms with Crippen molar-refractivity contribution >= 4 is 15.9 Å². The van der Waals surface area contributed by atoms with Gasteiger partial charge in [0.1, 0.15) is 5.82 Å². The summed E-state index contributed by atoms with van der Waals surface area (Å²) >= 11 is 3.53. The normalized spacial score (nSPS) is 19.8. The van der Waals surface area contributed by atoms with Crippen molar-refractivity contribution in [3.63, 3.8) is 0 Å². The van der Waals surface area contributed by atoms with E-state index in [1.54, 1.807) is 0 Å². The maximum Gasteiger partial charge on any atom is 0.124 e. The Morgan fingerprint density at radius 2 is 2.15 bits per heavy atom. The lowest BCUT2D eigenvalue weighted by atomic mass is 10.1. The number of aryl methyl sites for hydroxylation is 1. The number of aromatic amines is 1. The number of hydrogen-bond donors (Lipinski definition) is 2. The van der Waals surface area contributed by atoms with E-state index in [4.69, 9.17) is 4.98 Å². The molecule has 1 fully saturated rings. The largest absolute Gasteiger partial charge is 0.344 e. The van der Waals surface area contributed by atoms with Gasteiger partial charge in [-0.25, -0.2) is 4.98 Å². The van der Waals surface area contributed by atoms with Gasteiger partial charge in [-0.3, -0.25) is 0 Å². The van der Waals surface area contributed by atoms with Crippen molar-refractivity contribution in [3.8, 4) is 11.3 Å². The molecule has 4 heteroatoms. The van der Waals surface area contributed by atoms with Gasteiger partial charge >= 0.3 is 0 Å². The average Bonchev–Trinajstić information content (AvgIpc) is 2.65. The van der Waals surface area contributed by atoms with Gasteiger partial charge in [0.2, 0.25) is 0 Å². The Kier molecular flexibility index (Phi) is 4.22. The smallest absolute Gasteiger partial charge is 0.124 e. The van der Waals surface area contributed by atoms with E-state index in [9.17, 15) is 0 Å². The molecule has 0 bridgehead atoms. The minimum atomic E-state index is 0.372. The fourth-order valence-electron chi connectivity index (χ4n) is 2.83. The van der Waals surface area contributed by atoms with Gasteiger partial charge in [0.15, 0.2) is 0 Å². The summed E-state index contributed by atoms with van der Waals surface area (Å²) in [6, 6.07) is 8.69. The fourth-order valence-corrected chi connectivity index (χ4v) is 3.23. The molecule has 1 unspecified atom stereocenters. The van der Waals surface area contributed by atoms with Gasteiger partial charge in [-0.15, -0.1) is 0 Å². The number of imidazole rings is 1. The Bertz CT molecular complexity index is 583. The predicted molar refractivity (Wildman–Crippen MR) is 85.7 cm³/mol. The number of nitrogens with one attached hydrogen (secondary N) is 2. The summed E-state index contributed by atoms with van der Waals surface area (Å²) in [6.45, 7) is 3.19. The molecule has 106 valence electrons. The Balaban J connectivity index is 1.90. The van der Waals surface area contributed by atoms with Crippen LogP contribution in [0.2, 0.25) is 0 Å². The highest BCUT2D eigenvalue weighted by Gasteiger charge is 2.18. The summed E-state index contributed by atoms with van der Waals surface area (Å²) in [5.41, 5.74) is 3.37. The third kappa shape index (κ3) is 2.96. The molecule has 0 radical (unpaired) electrons. The number of benzene rings is 1. The first-order valence-corrected chi connectivity index (χ1v) is 8.09. The van der Waals surface area contributed by atoms with E-state index >= 15 is 0 Å². The molecule has 1 aliphatic heterocycles. The molecule has 2 heterocycles. The molecule has 1 aliphatic rings. The average molecular weight is 334 g/mol. The molecule has 1 aromatic carbocycles. The molecule has 3 rings (SSSR count). The lowest BCUT2D eigenvalue weighted by molar-refractivity contribution is 0.511. The molecule has 1 aromatic heterocycles. The van der Waals surface area contributed by atoms with Crippen LogP contribution in [-0.2, 0) is 0 Å². The van der Waals surface area contributed by atoms with Crippen LogP contribution in [0.4, 0.5) is 0 Å². The summed E-state index contributed by atoms with van der Waals surface area (Å²) < 4.78 is 1.09. The van der Waals surface area contributed by atoms with E-state index in [0.717, 1.165) is 33.8 Å². The SMILES string of the molecule is Cc1[nH]c(C2CCCCCN2)nc1-c1cccc(Br)c1. The summed E-state index contributed by atoms with van der Waals surface area (Å²) in [7, 11) is 0. The maximum absolute atomic E-state index is 4.85. The van der Waals surface area contributed by atoms with E-state index in [-0.39, 0.29) is 0 Å². The van der Waals surface area contributed by atoms with E-state index in [1.807, 2.05) is 6.07 Å². The van der Waals surface area contributed by atoms with Crippen molar-refractivity contribution in [1.82, 2.24) is 15.3 Å². The molecular weight excluding hydrogens is 314 g/mol. The van der Waals surface area contributed by atoms with Gasteiger partial charge in [-0.1, -0.05) is 40.9 Å². The molecule has 1 saturated heterocycles. The van der Waals surface area contributed by atoms with Crippen LogP contribution in [-0.4, -0.2) is 16.5 Å². The highest BCUT2D eigenvalue weighted by molar-refractivity contribution is 9.10. The summed E-state index contributed by atoms with van der Waals surface area (Å²) in [5, 5.41) is 3.60. The molecule has 0 saturated carbocycles. The van der Waals surface area contributed by atoms with Gasteiger partial charge in [0.25, 0.3) is 0 Å². The summed E-state index contributed by atoms with van der Waals surface area (Å²) in [6.07, 6.45) is 5.05. The first-order chi connectivity index (χ1) is 9.74. The molecular formula is C16H20BrN3. The van der Waals surface area contributed by atoms with Crippen LogP contribution in [0, 0.1) is 6.92 Å². The van der Waals surface area contributed by atoms with Crippen LogP contribution < -0.4 is 5.32 Å². The van der Waals surface area contributed by atoms with Gasteiger partial charge < -0.3 is 10.3 Å². The third-order valence-corrected chi connectivity index (χ3v) is 4.38. The molecule has 1 atom stereocenters. The van der Waals surface area contributed by atoms with E-state index in [2.05, 4.69) is 51.4 Å². The van der Waals surface area contributed by atoms with Gasteiger partial charge in [-0.2, -0.15) is 0 Å². The molecule has 20 heavy (non-hydrogen) atoms. The second kappa shape index (κ2) is 6.10. The van der Waals surface area contributed by atoms with Gasteiger partial charge in [0.05, 0.1) is 11.7 Å². The maximum atomic E-state index is 4.85. The molecule has 0 spiro atoms. The minimum Gasteiger partial charge on any atom is -0.344 e. The zero-order chi connectivity index (χ0) is 13.9. The first kappa shape index (κ1) is 13.8. The standard InChI is InChI=1S/C16H20BrN3/c1-11-15(12-6-5-7-13(17)10-12)20-16(19-11)14-8-3-2-4-9-18-14/h5-7,10,14,18H,2-4,8-9H2,1H3,(H,19,20). The zero-order valence-corrected chi connectivity index (χ0v) is 13.3. The van der Waals surface area contributed by atoms with Crippen LogP contribution >= 0.6 is 15.9 Å². The quantitative estimate of drug-likeness (QED) is 0.857. The molecule has 2 aromatic rings. The number of H-pyrrole nitrogens is 1. The molecule has 0 aliphatic carbocycles. The lowest BCUT2D eigenvalue weighted by Crippen LogP contribution is -2.21. The molecule has 3 nitrogen and oxygen atoms in total. The summed E-state index contributed by atoms with van der Waals surface area (Å²) in [5.74, 6) is 1.08. The summed E-state index contributed by atoms with van der Waals surface area (Å²) in [4.78, 5) is 8.32. The van der Waals surface area contributed by atoms with E-state index in [0.29, 0.717) is 6.04 Å². The van der Waals surface area contributed by atoms with Crippen molar-refractivity contribution < 1.29 is 0 Å². The second-order valence-electron chi connectivity index (χ2n) is 5.46. The highest BCUT2D eigenvalue weighted by Crippen LogP contribution is 2.27. The number of aromatic nitrogens is 2. The highest BCUT2D eigenvalue weighted by atomic mass is 79.9. The van der Waals surface area contributed by atoms with Crippen molar-refractivity contribution in [1.29, 1.82) is 0 Å². The van der Waals surface area contributed by atoms with Gasteiger partial charge in [0, 0.05) is 15.7 Å². The Morgan fingerprint density at radius 1 is 1.25 bits per heavy atom. The number of halogens is 1. The lowest BCUT2D eigenvalue weighted by Gasteiger charge is -2.12. The first-order valence-electron chi connectivity index (χ1n) is 7.30. The van der Waals surface area contributed by atoms with Gasteiger partial charge in [-0.05, 0) is 38.4 Å². The van der Waals surface area contributed by atoms with Crippen molar-refractivity contribution in [2.45, 2.75) is 38.6 Å². The van der Waals surface area contributed by atoms with E-state index in [1.165, 1.54) is 25.7 Å². The van der Waals surface area contributed by atoms with Crippen molar-refractivity contribution in [3.05, 3.63) is 40.3 Å². The zero-order valence-electron chi connectivity index (χ0n) is 11.7. The van der Waals surface area contributed by atoms with Crippen LogP contribution in [0.15, 0.2) is 28.7 Å². The number of rotatable bonds is 2. The van der Waals surface area contributed by atoms with Crippen LogP contribution in [0.1, 0.15) is 43.2 Å². The van der Waals surface area contributed by atoms with Crippen LogP contribution in [0.25, 0.3) is 11.3 Å². The Morgan fingerprint density at radius 3 is 3.00 bits per heavy atom. The Hall–Kier alpha value is -1.13. The minimum absolute atomic E-state index is 0.372. The van der Waals surface area contributed by atoms with E-state index < -0.39 is 0 Å². The van der Waals surface area contributed by atoms with Crippen molar-refractivity contribution in [2.24, 2.45) is 0 Å². The molecule has 0 amide bonds. The number of nitrogens with zero attached hydrogens (tertiary/aromatic N) is 1. The monoisotopic (exact) mass is 333 g/mol. The van der Waals surface area contributed by atoms with Crippen molar-refractivity contribution in [2.75, 3.05) is 6.54 Å². The predicted octanol–water partition coefficient (Wildman–Crippen LogP) is 4.35. The number of hydrogen-bond acceptors (Lipinski definition) is 2. The topological polar surface area (TPSA) is 40.7 Å². The Labute approximate surface area is 128 Å². The van der Waals surface area contributed by atoms with Crippen LogP contribution in [0.3, 0.4) is 0 Å². The van der Waals surface area contributed by atoms with Crippen LogP contribution in [0.5, 0.6) is 0 Å². The third-order valence-electron chi connectivity index (χ3n) is 3.89. The second-order valence-corrected chi connectivity index (χ2v) is 6.38.